The van der Waals surface area contributed by atoms with Crippen LogP contribution in [0.4, 0.5) is 8.78 Å². The number of esters is 1. The highest BCUT2D eigenvalue weighted by Gasteiger charge is 2.23. The molecule has 1 unspecified atom stereocenters. The number of hydrogen-bond acceptors (Lipinski definition) is 4. The average molecular weight is 337 g/mol. The van der Waals surface area contributed by atoms with Crippen molar-refractivity contribution in [3.63, 3.8) is 0 Å². The molecule has 1 atom stereocenters. The minimum Gasteiger partial charge on any atom is -0.462 e. The standard InChI is InChI=1S/C14H15ClF2O3S/c1-4-11(14(19)20-7(2)3)21-12-5-8(13(15)18)9(16)6-10(12)17/h5-7,11H,4H2,1-3H3. The van der Waals surface area contributed by atoms with Gasteiger partial charge >= 0.3 is 5.97 Å². The number of halogens is 3. The first-order valence-electron chi connectivity index (χ1n) is 6.32. The van der Waals surface area contributed by atoms with E-state index in [0.717, 1.165) is 17.8 Å². The van der Waals surface area contributed by atoms with Gasteiger partial charge in [0.25, 0.3) is 5.24 Å². The van der Waals surface area contributed by atoms with Gasteiger partial charge in [0.2, 0.25) is 0 Å². The third kappa shape index (κ3) is 4.97. The number of benzene rings is 1. The van der Waals surface area contributed by atoms with Crippen molar-refractivity contribution in [2.45, 2.75) is 43.4 Å². The molecule has 0 saturated heterocycles. The Morgan fingerprint density at radius 3 is 2.38 bits per heavy atom. The first kappa shape index (κ1) is 17.9. The molecule has 3 nitrogen and oxygen atoms in total. The molecule has 0 aliphatic carbocycles. The lowest BCUT2D eigenvalue weighted by Crippen LogP contribution is -2.23. The van der Waals surface area contributed by atoms with E-state index in [4.69, 9.17) is 16.3 Å². The number of thioether (sulfide) groups is 1. The van der Waals surface area contributed by atoms with Gasteiger partial charge in [0.1, 0.15) is 16.9 Å². The van der Waals surface area contributed by atoms with Crippen molar-refractivity contribution in [2.24, 2.45) is 0 Å². The topological polar surface area (TPSA) is 43.4 Å². The third-order valence-corrected chi connectivity index (χ3v) is 4.07. The molecule has 0 aromatic heterocycles. The summed E-state index contributed by atoms with van der Waals surface area (Å²) in [4.78, 5) is 22.9. The summed E-state index contributed by atoms with van der Waals surface area (Å²) < 4.78 is 32.2. The zero-order chi connectivity index (χ0) is 16.2. The molecule has 1 rings (SSSR count). The summed E-state index contributed by atoms with van der Waals surface area (Å²) in [6, 6.07) is 1.59. The van der Waals surface area contributed by atoms with Crippen LogP contribution < -0.4 is 0 Å². The second-order valence-corrected chi connectivity index (χ2v) is 6.12. The molecular weight excluding hydrogens is 322 g/mol. The Labute approximate surface area is 131 Å². The second kappa shape index (κ2) is 7.75. The molecule has 1 aromatic rings. The average Bonchev–Trinajstić information content (AvgIpc) is 2.36. The van der Waals surface area contributed by atoms with E-state index in [2.05, 4.69) is 0 Å². The van der Waals surface area contributed by atoms with E-state index in [1.165, 1.54) is 0 Å². The minimum atomic E-state index is -1.03. The number of rotatable bonds is 6. The van der Waals surface area contributed by atoms with Crippen molar-refractivity contribution in [1.82, 2.24) is 0 Å². The first-order chi connectivity index (χ1) is 9.76. The summed E-state index contributed by atoms with van der Waals surface area (Å²) in [5.74, 6) is -2.37. The molecule has 7 heteroatoms. The van der Waals surface area contributed by atoms with Gasteiger partial charge in [0.05, 0.1) is 11.7 Å². The van der Waals surface area contributed by atoms with Crippen LogP contribution in [0.5, 0.6) is 0 Å². The van der Waals surface area contributed by atoms with E-state index >= 15 is 0 Å². The monoisotopic (exact) mass is 336 g/mol. The predicted octanol–water partition coefficient (Wildman–Crippen LogP) is 4.17. The number of ether oxygens (including phenoxy) is 1. The van der Waals surface area contributed by atoms with Gasteiger partial charge in [-0.25, -0.2) is 8.78 Å². The fourth-order valence-electron chi connectivity index (χ4n) is 1.53. The van der Waals surface area contributed by atoms with Crippen LogP contribution in [0, 0.1) is 11.6 Å². The van der Waals surface area contributed by atoms with Gasteiger partial charge in [-0.05, 0) is 37.9 Å². The fraction of sp³-hybridized carbons (Fsp3) is 0.429. The maximum absolute atomic E-state index is 13.7. The molecule has 0 amide bonds. The molecule has 0 bridgehead atoms. The SMILES string of the molecule is CCC(Sc1cc(C(=O)Cl)c(F)cc1F)C(=O)OC(C)C. The van der Waals surface area contributed by atoms with Crippen molar-refractivity contribution in [2.75, 3.05) is 0 Å². The van der Waals surface area contributed by atoms with Crippen LogP contribution >= 0.6 is 23.4 Å². The molecular formula is C14H15ClF2O3S. The van der Waals surface area contributed by atoms with Gasteiger partial charge in [0, 0.05) is 11.0 Å². The van der Waals surface area contributed by atoms with Crippen molar-refractivity contribution in [1.29, 1.82) is 0 Å². The Morgan fingerprint density at radius 2 is 1.90 bits per heavy atom. The molecule has 0 fully saturated rings. The highest BCUT2D eigenvalue weighted by atomic mass is 35.5. The van der Waals surface area contributed by atoms with Crippen LogP contribution in [0.25, 0.3) is 0 Å². The Kier molecular flexibility index (Phi) is 6.61. The van der Waals surface area contributed by atoms with E-state index in [1.54, 1.807) is 20.8 Å². The van der Waals surface area contributed by atoms with Crippen molar-refractivity contribution < 1.29 is 23.1 Å². The summed E-state index contributed by atoms with van der Waals surface area (Å²) in [6.07, 6.45) is 0.113. The van der Waals surface area contributed by atoms with Crippen LogP contribution in [-0.2, 0) is 9.53 Å². The van der Waals surface area contributed by atoms with Crippen molar-refractivity contribution in [3.8, 4) is 0 Å². The van der Waals surface area contributed by atoms with Crippen LogP contribution in [0.15, 0.2) is 17.0 Å². The maximum atomic E-state index is 13.7. The summed E-state index contributed by atoms with van der Waals surface area (Å²) in [7, 11) is 0. The largest absolute Gasteiger partial charge is 0.462 e. The lowest BCUT2D eigenvalue weighted by molar-refractivity contribution is -0.146. The van der Waals surface area contributed by atoms with Gasteiger partial charge in [-0.15, -0.1) is 11.8 Å². The van der Waals surface area contributed by atoms with Crippen LogP contribution in [-0.4, -0.2) is 22.6 Å². The zero-order valence-electron chi connectivity index (χ0n) is 11.8. The molecule has 0 heterocycles. The second-order valence-electron chi connectivity index (χ2n) is 4.54. The molecule has 21 heavy (non-hydrogen) atoms. The Balaban J connectivity index is 3.02. The zero-order valence-corrected chi connectivity index (χ0v) is 13.4. The molecule has 116 valence electrons. The predicted molar refractivity (Wildman–Crippen MR) is 77.7 cm³/mol. The molecule has 0 aliphatic rings. The number of carbonyl (C=O) groups is 2. The van der Waals surface area contributed by atoms with Crippen molar-refractivity contribution >= 4 is 34.6 Å². The van der Waals surface area contributed by atoms with E-state index in [0.29, 0.717) is 12.5 Å². The first-order valence-corrected chi connectivity index (χ1v) is 7.58. The molecule has 0 N–H and O–H groups in total. The molecule has 0 saturated carbocycles. The summed E-state index contributed by atoms with van der Waals surface area (Å²) in [5.41, 5.74) is -0.423. The molecule has 0 spiro atoms. The minimum absolute atomic E-state index is 0.0204. The number of carbonyl (C=O) groups excluding carboxylic acids is 2. The quantitative estimate of drug-likeness (QED) is 0.444. The Bertz CT molecular complexity index is 549. The lowest BCUT2D eigenvalue weighted by atomic mass is 10.2. The van der Waals surface area contributed by atoms with Crippen molar-refractivity contribution in [3.05, 3.63) is 29.3 Å². The fourth-order valence-corrected chi connectivity index (χ4v) is 2.66. The van der Waals surface area contributed by atoms with E-state index in [1.807, 2.05) is 0 Å². The van der Waals surface area contributed by atoms with Crippen LogP contribution in [0.3, 0.4) is 0 Å². The summed E-state index contributed by atoms with van der Waals surface area (Å²) in [6.45, 7) is 5.16. The normalized spacial score (nSPS) is 12.3. The van der Waals surface area contributed by atoms with Gasteiger partial charge < -0.3 is 4.74 Å². The smallest absolute Gasteiger partial charge is 0.319 e. The third-order valence-electron chi connectivity index (χ3n) is 2.49. The van der Waals surface area contributed by atoms with Crippen LogP contribution in [0.2, 0.25) is 0 Å². The van der Waals surface area contributed by atoms with E-state index in [9.17, 15) is 18.4 Å². The molecule has 0 radical (unpaired) electrons. The summed E-state index contributed by atoms with van der Waals surface area (Å²) in [5, 5.41) is -1.67. The van der Waals surface area contributed by atoms with Crippen LogP contribution in [0.1, 0.15) is 37.6 Å². The van der Waals surface area contributed by atoms with Gasteiger partial charge in [-0.2, -0.15) is 0 Å². The van der Waals surface area contributed by atoms with Gasteiger partial charge in [0.15, 0.2) is 0 Å². The maximum Gasteiger partial charge on any atom is 0.319 e. The highest BCUT2D eigenvalue weighted by molar-refractivity contribution is 8.00. The van der Waals surface area contributed by atoms with E-state index in [-0.39, 0.29) is 11.0 Å². The Morgan fingerprint density at radius 1 is 1.29 bits per heavy atom. The molecule has 1 aromatic carbocycles. The van der Waals surface area contributed by atoms with Gasteiger partial charge in [-0.3, -0.25) is 9.59 Å². The van der Waals surface area contributed by atoms with Gasteiger partial charge in [-0.1, -0.05) is 6.92 Å². The highest BCUT2D eigenvalue weighted by Crippen LogP contribution is 2.31. The number of hydrogen-bond donors (Lipinski definition) is 0. The molecule has 0 aliphatic heterocycles. The lowest BCUT2D eigenvalue weighted by Gasteiger charge is -2.16. The van der Waals surface area contributed by atoms with E-state index < -0.39 is 33.7 Å². The Hall–Kier alpha value is -1.14. The summed E-state index contributed by atoms with van der Waals surface area (Å²) >= 11 is 6.11.